The second kappa shape index (κ2) is 7.64. The molecule has 0 bridgehead atoms. The van der Waals surface area contributed by atoms with E-state index in [2.05, 4.69) is 17.0 Å². The number of ether oxygens (including phenoxy) is 2. The summed E-state index contributed by atoms with van der Waals surface area (Å²) in [5, 5.41) is 0. The molecule has 0 fully saturated rings. The van der Waals surface area contributed by atoms with Gasteiger partial charge in [-0.15, -0.1) is 0 Å². The largest absolute Gasteiger partial charge is 0.493 e. The van der Waals surface area contributed by atoms with Crippen LogP contribution in [-0.2, 0) is 16.0 Å². The van der Waals surface area contributed by atoms with E-state index in [-0.39, 0.29) is 5.97 Å². The predicted octanol–water partition coefficient (Wildman–Crippen LogP) is 2.82. The van der Waals surface area contributed by atoms with E-state index in [4.69, 9.17) is 9.47 Å². The van der Waals surface area contributed by atoms with Crippen LogP contribution in [0.15, 0.2) is 35.9 Å². The van der Waals surface area contributed by atoms with Crippen molar-refractivity contribution in [1.82, 2.24) is 4.90 Å². The molecule has 1 aromatic carbocycles. The van der Waals surface area contributed by atoms with Crippen LogP contribution in [0.2, 0.25) is 0 Å². The number of rotatable bonds is 5. The van der Waals surface area contributed by atoms with Gasteiger partial charge in [-0.25, -0.2) is 4.79 Å². The molecule has 4 nitrogen and oxygen atoms in total. The van der Waals surface area contributed by atoms with E-state index in [1.54, 1.807) is 0 Å². The standard InChI is InChI=1S/C19H25NO3/c1-2-22-19(21)17-7-5-10-20(13-17)11-9-15-12-16-6-3-4-8-18(16)23-14-15/h3-4,6-8,15H,2,5,9-14H2,1H3. The summed E-state index contributed by atoms with van der Waals surface area (Å²) >= 11 is 0. The first kappa shape index (κ1) is 16.1. The lowest BCUT2D eigenvalue weighted by Gasteiger charge is -2.30. The molecule has 3 rings (SSSR count). The highest BCUT2D eigenvalue weighted by Gasteiger charge is 2.22. The van der Waals surface area contributed by atoms with Gasteiger partial charge in [-0.2, -0.15) is 0 Å². The Morgan fingerprint density at radius 2 is 2.26 bits per heavy atom. The lowest BCUT2D eigenvalue weighted by molar-refractivity contribution is -0.138. The van der Waals surface area contributed by atoms with E-state index < -0.39 is 0 Å². The van der Waals surface area contributed by atoms with E-state index in [0.717, 1.165) is 50.3 Å². The first-order valence-corrected chi connectivity index (χ1v) is 8.55. The van der Waals surface area contributed by atoms with Crippen molar-refractivity contribution in [2.24, 2.45) is 5.92 Å². The highest BCUT2D eigenvalue weighted by Crippen LogP contribution is 2.28. The smallest absolute Gasteiger partial charge is 0.334 e. The number of para-hydroxylation sites is 1. The maximum atomic E-state index is 11.8. The Bertz CT molecular complexity index is 582. The number of esters is 1. The second-order valence-electron chi connectivity index (χ2n) is 6.29. The summed E-state index contributed by atoms with van der Waals surface area (Å²) in [4.78, 5) is 14.2. The van der Waals surface area contributed by atoms with Crippen LogP contribution in [0.5, 0.6) is 5.75 Å². The van der Waals surface area contributed by atoms with Crippen molar-refractivity contribution < 1.29 is 14.3 Å². The minimum Gasteiger partial charge on any atom is -0.493 e. The second-order valence-corrected chi connectivity index (χ2v) is 6.29. The monoisotopic (exact) mass is 315 g/mol. The molecule has 2 heterocycles. The third-order valence-corrected chi connectivity index (χ3v) is 4.58. The van der Waals surface area contributed by atoms with Crippen molar-refractivity contribution in [3.05, 3.63) is 41.5 Å². The zero-order valence-electron chi connectivity index (χ0n) is 13.8. The lowest BCUT2D eigenvalue weighted by atomic mass is 9.93. The van der Waals surface area contributed by atoms with Crippen LogP contribution in [0.25, 0.3) is 0 Å². The molecule has 0 aliphatic carbocycles. The molecule has 2 aliphatic rings. The van der Waals surface area contributed by atoms with Crippen LogP contribution < -0.4 is 4.74 Å². The van der Waals surface area contributed by atoms with E-state index in [1.807, 2.05) is 25.1 Å². The number of benzene rings is 1. The molecular weight excluding hydrogens is 290 g/mol. The zero-order chi connectivity index (χ0) is 16.1. The van der Waals surface area contributed by atoms with Crippen LogP contribution in [0.3, 0.4) is 0 Å². The van der Waals surface area contributed by atoms with Crippen LogP contribution >= 0.6 is 0 Å². The van der Waals surface area contributed by atoms with Gasteiger partial charge in [0, 0.05) is 18.7 Å². The summed E-state index contributed by atoms with van der Waals surface area (Å²) in [6.45, 7) is 5.82. The van der Waals surface area contributed by atoms with Crippen LogP contribution in [0.1, 0.15) is 25.3 Å². The molecule has 1 aromatic rings. The van der Waals surface area contributed by atoms with Gasteiger partial charge < -0.3 is 9.47 Å². The number of carbonyl (C=O) groups is 1. The van der Waals surface area contributed by atoms with E-state index in [0.29, 0.717) is 19.1 Å². The van der Waals surface area contributed by atoms with Crippen molar-refractivity contribution in [2.45, 2.75) is 26.2 Å². The molecule has 1 atom stereocenters. The number of carbonyl (C=O) groups excluding carboxylic acids is 1. The first-order chi connectivity index (χ1) is 11.3. The van der Waals surface area contributed by atoms with Gasteiger partial charge in [0.1, 0.15) is 5.75 Å². The van der Waals surface area contributed by atoms with Crippen molar-refractivity contribution >= 4 is 5.97 Å². The lowest BCUT2D eigenvalue weighted by Crippen LogP contribution is -2.35. The van der Waals surface area contributed by atoms with Crippen molar-refractivity contribution in [2.75, 3.05) is 32.8 Å². The first-order valence-electron chi connectivity index (χ1n) is 8.55. The Labute approximate surface area is 138 Å². The topological polar surface area (TPSA) is 38.8 Å². The molecule has 0 amide bonds. The fourth-order valence-corrected chi connectivity index (χ4v) is 3.31. The van der Waals surface area contributed by atoms with Crippen molar-refractivity contribution in [3.8, 4) is 5.75 Å². The van der Waals surface area contributed by atoms with Gasteiger partial charge >= 0.3 is 5.97 Å². The number of nitrogens with zero attached hydrogens (tertiary/aromatic N) is 1. The Hall–Kier alpha value is -1.81. The highest BCUT2D eigenvalue weighted by atomic mass is 16.5. The summed E-state index contributed by atoms with van der Waals surface area (Å²) < 4.78 is 11.0. The summed E-state index contributed by atoms with van der Waals surface area (Å²) in [6, 6.07) is 8.30. The van der Waals surface area contributed by atoms with Gasteiger partial charge in [-0.05, 0) is 50.3 Å². The van der Waals surface area contributed by atoms with Gasteiger partial charge in [0.05, 0.1) is 13.2 Å². The number of hydrogen-bond donors (Lipinski definition) is 0. The maximum Gasteiger partial charge on any atom is 0.334 e. The molecule has 124 valence electrons. The Kier molecular flexibility index (Phi) is 5.34. The summed E-state index contributed by atoms with van der Waals surface area (Å²) in [5.74, 6) is 1.43. The third-order valence-electron chi connectivity index (χ3n) is 4.58. The number of hydrogen-bond acceptors (Lipinski definition) is 4. The fourth-order valence-electron chi connectivity index (χ4n) is 3.31. The minimum atomic E-state index is -0.160. The average Bonchev–Trinajstić information content (AvgIpc) is 2.60. The van der Waals surface area contributed by atoms with Crippen molar-refractivity contribution in [1.29, 1.82) is 0 Å². The molecule has 23 heavy (non-hydrogen) atoms. The molecule has 0 spiro atoms. The van der Waals surface area contributed by atoms with E-state index in [9.17, 15) is 4.79 Å². The van der Waals surface area contributed by atoms with Gasteiger partial charge in [-0.1, -0.05) is 24.3 Å². The molecule has 2 aliphatic heterocycles. The van der Waals surface area contributed by atoms with Gasteiger partial charge in [-0.3, -0.25) is 4.90 Å². The summed E-state index contributed by atoms with van der Waals surface area (Å²) in [5.41, 5.74) is 2.12. The minimum absolute atomic E-state index is 0.160. The quantitative estimate of drug-likeness (QED) is 0.783. The molecule has 0 N–H and O–H groups in total. The summed E-state index contributed by atoms with van der Waals surface area (Å²) in [7, 11) is 0. The molecule has 0 saturated carbocycles. The molecule has 1 unspecified atom stereocenters. The van der Waals surface area contributed by atoms with Crippen molar-refractivity contribution in [3.63, 3.8) is 0 Å². The zero-order valence-corrected chi connectivity index (χ0v) is 13.8. The van der Waals surface area contributed by atoms with Crippen LogP contribution in [-0.4, -0.2) is 43.7 Å². The predicted molar refractivity (Wildman–Crippen MR) is 89.5 cm³/mol. The average molecular weight is 315 g/mol. The Morgan fingerprint density at radius 1 is 1.39 bits per heavy atom. The molecule has 0 aromatic heterocycles. The van der Waals surface area contributed by atoms with Gasteiger partial charge in [0.15, 0.2) is 0 Å². The van der Waals surface area contributed by atoms with Crippen LogP contribution in [0.4, 0.5) is 0 Å². The SMILES string of the molecule is CCOC(=O)C1=CCCN(CCC2COc3ccccc3C2)C1. The highest BCUT2D eigenvalue weighted by molar-refractivity contribution is 5.89. The van der Waals surface area contributed by atoms with Gasteiger partial charge in [0.25, 0.3) is 0 Å². The molecule has 4 heteroatoms. The number of fused-ring (bicyclic) bond motifs is 1. The normalized spacial score (nSPS) is 21.1. The van der Waals surface area contributed by atoms with Gasteiger partial charge in [0.2, 0.25) is 0 Å². The fraction of sp³-hybridized carbons (Fsp3) is 0.526. The maximum absolute atomic E-state index is 11.8. The molecule has 0 radical (unpaired) electrons. The van der Waals surface area contributed by atoms with Crippen LogP contribution in [0, 0.1) is 5.92 Å². The molecular formula is C19H25NO3. The Balaban J connectivity index is 1.48. The Morgan fingerprint density at radius 3 is 3.13 bits per heavy atom. The van der Waals surface area contributed by atoms with E-state index >= 15 is 0 Å². The molecule has 0 saturated heterocycles. The summed E-state index contributed by atoms with van der Waals surface area (Å²) in [6.07, 6.45) is 5.14. The van der Waals surface area contributed by atoms with E-state index in [1.165, 1.54) is 5.56 Å². The third kappa shape index (κ3) is 4.14.